The summed E-state index contributed by atoms with van der Waals surface area (Å²) >= 11 is 0. The average molecular weight is 1100 g/mol. The number of nitrogens with zero attached hydrogens (tertiary/aromatic N) is 5. The predicted octanol–water partition coefficient (Wildman–Crippen LogP) is 21.1. The van der Waals surface area contributed by atoms with E-state index in [1.807, 2.05) is 12.1 Å². The SMILES string of the molecule is c1ccc(-c2ccc(-c3nc(-c4ccc(-c5ccccc5)cc4)nc(-c4cc(-c5ccccc5)cc(-n5c6ccccc6c6ccc7c8c(-c9ccccc9)cccc8n(-c8ccc(-c9ccccc9)c(-c9ccccc9)c8)c7c65)c4)n3)cc2)cc1. The van der Waals surface area contributed by atoms with Crippen molar-refractivity contribution in [3.8, 4) is 112 Å². The van der Waals surface area contributed by atoms with Crippen molar-refractivity contribution in [1.29, 1.82) is 0 Å². The van der Waals surface area contributed by atoms with E-state index in [4.69, 9.17) is 15.0 Å². The Labute approximate surface area is 498 Å². The molecule has 0 bridgehead atoms. The molecular formula is C81H53N5. The number of para-hydroxylation sites is 1. The third-order valence-corrected chi connectivity index (χ3v) is 16.8. The number of aromatic nitrogens is 5. The standard InChI is InChI=1S/C81H53N5/c1-7-22-54(23-8-1)57-38-42-62(43-39-57)79-82-80(63-44-40-58(41-45-63)55-24-9-2-10-25-55)84-81(83-79)65-50-64(56-26-11-3-12-27-56)51-67(52-65)86-74-36-20-19-34-70(74)71-48-49-72-76-69(60-30-15-5-16-31-60)35-21-37-75(76)85(78(72)77(71)86)66-46-47-68(59-28-13-4-14-29-59)73(53-66)61-32-17-6-18-33-61/h1-53H. The third kappa shape index (κ3) is 8.94. The molecule has 0 amide bonds. The lowest BCUT2D eigenvalue weighted by molar-refractivity contribution is 1.07. The lowest BCUT2D eigenvalue weighted by atomic mass is 9.94. The van der Waals surface area contributed by atoms with Crippen LogP contribution in [0.25, 0.3) is 156 Å². The minimum absolute atomic E-state index is 0.572. The van der Waals surface area contributed by atoms with Gasteiger partial charge in [-0.3, -0.25) is 0 Å². The molecule has 86 heavy (non-hydrogen) atoms. The zero-order valence-corrected chi connectivity index (χ0v) is 46.8. The molecule has 16 aromatic rings. The predicted molar refractivity (Wildman–Crippen MR) is 357 cm³/mol. The first-order chi connectivity index (χ1) is 42.6. The zero-order valence-electron chi connectivity index (χ0n) is 46.8. The molecule has 13 aromatic carbocycles. The number of rotatable bonds is 11. The summed E-state index contributed by atoms with van der Waals surface area (Å²) in [7, 11) is 0. The molecule has 3 aromatic heterocycles. The summed E-state index contributed by atoms with van der Waals surface area (Å²) in [4.78, 5) is 16.2. The van der Waals surface area contributed by atoms with Crippen LogP contribution in [0, 0.1) is 0 Å². The van der Waals surface area contributed by atoms with Crippen LogP contribution >= 0.6 is 0 Å². The highest BCUT2D eigenvalue weighted by molar-refractivity contribution is 6.26. The molecule has 0 aliphatic heterocycles. The molecule has 0 aliphatic rings. The van der Waals surface area contributed by atoms with Crippen LogP contribution in [0.3, 0.4) is 0 Å². The molecule has 0 saturated carbocycles. The monoisotopic (exact) mass is 1100 g/mol. The minimum atomic E-state index is 0.572. The Hall–Kier alpha value is -11.5. The molecular weight excluding hydrogens is 1040 g/mol. The van der Waals surface area contributed by atoms with Gasteiger partial charge >= 0.3 is 0 Å². The van der Waals surface area contributed by atoms with E-state index in [2.05, 4.69) is 319 Å². The van der Waals surface area contributed by atoms with Crippen LogP contribution in [0.5, 0.6) is 0 Å². The summed E-state index contributed by atoms with van der Waals surface area (Å²) in [5.74, 6) is 1.76. The van der Waals surface area contributed by atoms with Gasteiger partial charge in [0.2, 0.25) is 0 Å². The van der Waals surface area contributed by atoms with Crippen LogP contribution in [-0.4, -0.2) is 24.1 Å². The molecule has 0 spiro atoms. The summed E-state index contributed by atoms with van der Waals surface area (Å²) in [6.07, 6.45) is 0. The van der Waals surface area contributed by atoms with Gasteiger partial charge in [0.25, 0.3) is 0 Å². The Balaban J connectivity index is 0.975. The van der Waals surface area contributed by atoms with Gasteiger partial charge in [0.05, 0.1) is 22.1 Å². The van der Waals surface area contributed by atoms with Gasteiger partial charge in [-0.15, -0.1) is 0 Å². The first-order valence-electron chi connectivity index (χ1n) is 29.2. The van der Waals surface area contributed by atoms with Crippen LogP contribution in [-0.2, 0) is 0 Å². The summed E-state index contributed by atoms with van der Waals surface area (Å²) in [5, 5.41) is 4.66. The van der Waals surface area contributed by atoms with Crippen molar-refractivity contribution in [2.24, 2.45) is 0 Å². The van der Waals surface area contributed by atoms with Crippen molar-refractivity contribution >= 4 is 43.6 Å². The summed E-state index contributed by atoms with van der Waals surface area (Å²) in [5.41, 5.74) is 22.8. The summed E-state index contributed by atoms with van der Waals surface area (Å²) in [6.45, 7) is 0. The van der Waals surface area contributed by atoms with E-state index in [-0.39, 0.29) is 0 Å². The molecule has 16 rings (SSSR count). The number of benzene rings is 13. The Morgan fingerprint density at radius 3 is 1.15 bits per heavy atom. The molecule has 0 atom stereocenters. The largest absolute Gasteiger partial charge is 0.307 e. The van der Waals surface area contributed by atoms with Gasteiger partial charge in [0, 0.05) is 49.6 Å². The van der Waals surface area contributed by atoms with Crippen LogP contribution < -0.4 is 0 Å². The average Bonchev–Trinajstić information content (AvgIpc) is 1.59. The maximum atomic E-state index is 5.45. The zero-order chi connectivity index (χ0) is 56.9. The topological polar surface area (TPSA) is 48.5 Å². The van der Waals surface area contributed by atoms with Crippen LogP contribution in [0.4, 0.5) is 0 Å². The third-order valence-electron chi connectivity index (χ3n) is 16.8. The van der Waals surface area contributed by atoms with E-state index in [1.165, 1.54) is 22.1 Å². The second-order valence-electron chi connectivity index (χ2n) is 21.9. The highest BCUT2D eigenvalue weighted by atomic mass is 15.1. The molecule has 5 heteroatoms. The molecule has 0 unspecified atom stereocenters. The normalized spacial score (nSPS) is 11.5. The van der Waals surface area contributed by atoms with E-state index < -0.39 is 0 Å². The van der Waals surface area contributed by atoms with Crippen LogP contribution in [0.2, 0.25) is 0 Å². The molecule has 402 valence electrons. The molecule has 0 N–H and O–H groups in total. The van der Waals surface area contributed by atoms with Gasteiger partial charge in [-0.2, -0.15) is 0 Å². The lowest BCUT2D eigenvalue weighted by Gasteiger charge is -2.17. The van der Waals surface area contributed by atoms with E-state index in [0.29, 0.717) is 17.5 Å². The second kappa shape index (κ2) is 21.3. The first-order valence-corrected chi connectivity index (χ1v) is 29.2. The summed E-state index contributed by atoms with van der Waals surface area (Å²) < 4.78 is 5.01. The fourth-order valence-electron chi connectivity index (χ4n) is 12.7. The van der Waals surface area contributed by atoms with Crippen molar-refractivity contribution in [3.63, 3.8) is 0 Å². The van der Waals surface area contributed by atoms with Gasteiger partial charge in [0.15, 0.2) is 17.5 Å². The van der Waals surface area contributed by atoms with Crippen molar-refractivity contribution in [2.45, 2.75) is 0 Å². The highest BCUT2D eigenvalue weighted by Gasteiger charge is 2.25. The van der Waals surface area contributed by atoms with Crippen LogP contribution in [0.15, 0.2) is 322 Å². The van der Waals surface area contributed by atoms with Crippen molar-refractivity contribution < 1.29 is 0 Å². The molecule has 5 nitrogen and oxygen atoms in total. The Morgan fingerprint density at radius 1 is 0.198 bits per heavy atom. The fourth-order valence-corrected chi connectivity index (χ4v) is 12.7. The van der Waals surface area contributed by atoms with E-state index in [9.17, 15) is 0 Å². The second-order valence-corrected chi connectivity index (χ2v) is 21.9. The summed E-state index contributed by atoms with van der Waals surface area (Å²) in [6, 6.07) is 115. The van der Waals surface area contributed by atoms with Gasteiger partial charge < -0.3 is 9.13 Å². The molecule has 3 heterocycles. The smallest absolute Gasteiger partial charge is 0.164 e. The molecule has 0 saturated heterocycles. The van der Waals surface area contributed by atoms with Crippen LogP contribution in [0.1, 0.15) is 0 Å². The van der Waals surface area contributed by atoms with Crippen molar-refractivity contribution in [3.05, 3.63) is 322 Å². The molecule has 0 fully saturated rings. The Morgan fingerprint density at radius 2 is 0.593 bits per heavy atom. The molecule has 0 aliphatic carbocycles. The van der Waals surface area contributed by atoms with E-state index in [1.54, 1.807) is 0 Å². The fraction of sp³-hybridized carbons (Fsp3) is 0. The maximum absolute atomic E-state index is 5.45. The number of hydrogen-bond donors (Lipinski definition) is 0. The minimum Gasteiger partial charge on any atom is -0.307 e. The van der Waals surface area contributed by atoms with Gasteiger partial charge in [-0.05, 0) is 109 Å². The number of hydrogen-bond acceptors (Lipinski definition) is 3. The Bertz CT molecular complexity index is 5050. The van der Waals surface area contributed by atoms with E-state index >= 15 is 0 Å². The van der Waals surface area contributed by atoms with Gasteiger partial charge in [-0.25, -0.2) is 15.0 Å². The quantitative estimate of drug-likeness (QED) is 0.130. The van der Waals surface area contributed by atoms with Crippen molar-refractivity contribution in [1.82, 2.24) is 24.1 Å². The van der Waals surface area contributed by atoms with E-state index in [0.717, 1.165) is 116 Å². The lowest BCUT2D eigenvalue weighted by Crippen LogP contribution is -2.02. The highest BCUT2D eigenvalue weighted by Crippen LogP contribution is 2.46. The number of fused-ring (bicyclic) bond motifs is 7. The Kier molecular flexibility index (Phi) is 12.5. The maximum Gasteiger partial charge on any atom is 0.164 e. The molecule has 0 radical (unpaired) electrons. The van der Waals surface area contributed by atoms with Crippen molar-refractivity contribution in [2.75, 3.05) is 0 Å². The first kappa shape index (κ1) is 50.2. The van der Waals surface area contributed by atoms with Gasteiger partial charge in [-0.1, -0.05) is 279 Å². The van der Waals surface area contributed by atoms with Gasteiger partial charge in [0.1, 0.15) is 0 Å².